The number of nitrogens with one attached hydrogen (secondary N) is 1. The highest BCUT2D eigenvalue weighted by Crippen LogP contribution is 2.37. The number of carbonyl (C=O) groups is 1. The largest absolute Gasteiger partial charge is 0.481 e. The molecule has 1 atom stereocenters. The third-order valence-electron chi connectivity index (χ3n) is 10.6. The Labute approximate surface area is 319 Å². The highest BCUT2D eigenvalue weighted by atomic mass is 16.5. The van der Waals surface area contributed by atoms with Crippen molar-refractivity contribution in [2.45, 2.75) is 66.5 Å². The number of aliphatic imine (C=N–C) groups is 1. The standard InChI is InChI=1S/C45H50N6O3/c1-7-47-42-23-35(27-50-18-8-9-19-50)25-48-43(42)32(5)49-41-17-11-16-40(31(41)4)39-15-10-14-38(30(39)3)33(6)54-44-29(2)21-34(22-37(44)24-46)26-51-20-12-13-36(28-51)45(52)53/h7,10-11,14-17,21-23,25,36,49H,5-6,8-9,12-13,18-20,26-28H2,1-4H3,(H,52,53). The Morgan fingerprint density at radius 1 is 1.00 bits per heavy atom. The summed E-state index contributed by atoms with van der Waals surface area (Å²) < 4.78 is 6.40. The number of carboxylic acids is 1. The number of pyridine rings is 1. The number of benzene rings is 3. The lowest BCUT2D eigenvalue weighted by Crippen LogP contribution is -2.38. The van der Waals surface area contributed by atoms with Crippen molar-refractivity contribution in [1.29, 1.82) is 5.26 Å². The minimum Gasteiger partial charge on any atom is -0.481 e. The molecule has 3 heterocycles. The number of aliphatic carboxylic acids is 1. The molecule has 278 valence electrons. The Hall–Kier alpha value is -5.56. The van der Waals surface area contributed by atoms with Gasteiger partial charge in [-0.15, -0.1) is 0 Å². The molecule has 0 amide bonds. The number of nitrogens with zero attached hydrogens (tertiary/aromatic N) is 5. The van der Waals surface area contributed by atoms with Gasteiger partial charge in [0.2, 0.25) is 0 Å². The number of rotatable bonds is 13. The molecule has 2 fully saturated rings. The van der Waals surface area contributed by atoms with Crippen LogP contribution in [0.4, 0.5) is 11.4 Å². The van der Waals surface area contributed by atoms with Crippen molar-refractivity contribution in [3.05, 3.63) is 119 Å². The molecule has 2 N–H and O–H groups in total. The summed E-state index contributed by atoms with van der Waals surface area (Å²) in [6.07, 6.45) is 7.76. The monoisotopic (exact) mass is 722 g/mol. The Kier molecular flexibility index (Phi) is 12.1. The molecule has 9 heteroatoms. The molecule has 2 aliphatic heterocycles. The van der Waals surface area contributed by atoms with Crippen LogP contribution in [0.3, 0.4) is 0 Å². The van der Waals surface area contributed by atoms with Crippen LogP contribution >= 0.6 is 0 Å². The smallest absolute Gasteiger partial charge is 0.307 e. The first-order chi connectivity index (χ1) is 26.1. The van der Waals surface area contributed by atoms with Crippen LogP contribution in [-0.4, -0.2) is 58.3 Å². The molecule has 9 nitrogen and oxygen atoms in total. The minimum atomic E-state index is -0.751. The van der Waals surface area contributed by atoms with E-state index < -0.39 is 5.97 Å². The molecule has 54 heavy (non-hydrogen) atoms. The van der Waals surface area contributed by atoms with Crippen LogP contribution in [0.5, 0.6) is 5.75 Å². The Morgan fingerprint density at radius 2 is 1.70 bits per heavy atom. The summed E-state index contributed by atoms with van der Waals surface area (Å²) in [6, 6.07) is 20.5. The first kappa shape index (κ1) is 38.2. The molecule has 0 bridgehead atoms. The number of ether oxygens (including phenoxy) is 1. The number of hydrogen-bond acceptors (Lipinski definition) is 8. The number of piperidine rings is 1. The highest BCUT2D eigenvalue weighted by Gasteiger charge is 2.26. The predicted molar refractivity (Wildman–Crippen MR) is 218 cm³/mol. The summed E-state index contributed by atoms with van der Waals surface area (Å²) in [4.78, 5) is 25.7. The van der Waals surface area contributed by atoms with Gasteiger partial charge in [-0.2, -0.15) is 5.26 Å². The number of likely N-dealkylation sites (tertiary alicyclic amines) is 2. The van der Waals surface area contributed by atoms with Gasteiger partial charge in [-0.05, 0) is 130 Å². The minimum absolute atomic E-state index is 0.360. The zero-order valence-corrected chi connectivity index (χ0v) is 31.9. The zero-order chi connectivity index (χ0) is 38.4. The van der Waals surface area contributed by atoms with Crippen LogP contribution in [0.15, 0.2) is 78.9 Å². The van der Waals surface area contributed by atoms with Crippen molar-refractivity contribution < 1.29 is 14.6 Å². The van der Waals surface area contributed by atoms with Gasteiger partial charge < -0.3 is 15.2 Å². The molecular formula is C45H50N6O3. The van der Waals surface area contributed by atoms with E-state index in [1.807, 2.05) is 56.4 Å². The molecule has 0 saturated carbocycles. The number of hydrogen-bond donors (Lipinski definition) is 2. The molecule has 3 aromatic carbocycles. The molecule has 0 radical (unpaired) electrons. The lowest BCUT2D eigenvalue weighted by atomic mass is 9.92. The van der Waals surface area contributed by atoms with Crippen molar-refractivity contribution in [2.75, 3.05) is 31.5 Å². The van der Waals surface area contributed by atoms with Crippen molar-refractivity contribution >= 4 is 35.0 Å². The first-order valence-corrected chi connectivity index (χ1v) is 18.8. The summed E-state index contributed by atoms with van der Waals surface area (Å²) in [6.45, 7) is 21.7. The molecule has 6 rings (SSSR count). The fourth-order valence-corrected chi connectivity index (χ4v) is 7.76. The van der Waals surface area contributed by atoms with E-state index >= 15 is 0 Å². The molecule has 4 aromatic rings. The van der Waals surface area contributed by atoms with Crippen LogP contribution in [0.25, 0.3) is 22.6 Å². The van der Waals surface area contributed by atoms with E-state index in [4.69, 9.17) is 9.72 Å². The second-order valence-corrected chi connectivity index (χ2v) is 14.5. The number of carboxylic acid groups (broad SMARTS) is 1. The van der Waals surface area contributed by atoms with Crippen LogP contribution in [0.1, 0.15) is 77.2 Å². The zero-order valence-electron chi connectivity index (χ0n) is 31.9. The third kappa shape index (κ3) is 8.62. The number of nitriles is 1. The van der Waals surface area contributed by atoms with E-state index in [-0.39, 0.29) is 5.92 Å². The predicted octanol–water partition coefficient (Wildman–Crippen LogP) is 9.29. The van der Waals surface area contributed by atoms with Gasteiger partial charge >= 0.3 is 5.97 Å². The number of aryl methyl sites for hydroxylation is 1. The van der Waals surface area contributed by atoms with Gasteiger partial charge in [0.25, 0.3) is 0 Å². The highest BCUT2D eigenvalue weighted by molar-refractivity contribution is 5.85. The van der Waals surface area contributed by atoms with Crippen molar-refractivity contribution in [3.63, 3.8) is 0 Å². The van der Waals surface area contributed by atoms with Gasteiger partial charge in [-0.25, -0.2) is 0 Å². The Balaban J connectivity index is 1.20. The third-order valence-corrected chi connectivity index (χ3v) is 10.6. The lowest BCUT2D eigenvalue weighted by molar-refractivity contribution is -0.143. The van der Waals surface area contributed by atoms with E-state index in [1.165, 1.54) is 12.8 Å². The fraction of sp³-hybridized carbons (Fsp3) is 0.333. The molecule has 1 aromatic heterocycles. The van der Waals surface area contributed by atoms with E-state index in [1.54, 1.807) is 6.21 Å². The van der Waals surface area contributed by atoms with E-state index in [2.05, 4.69) is 71.4 Å². The van der Waals surface area contributed by atoms with Gasteiger partial charge in [-0.1, -0.05) is 49.6 Å². The molecular weight excluding hydrogens is 673 g/mol. The normalized spacial score (nSPS) is 16.3. The van der Waals surface area contributed by atoms with Gasteiger partial charge in [0, 0.05) is 43.3 Å². The van der Waals surface area contributed by atoms with Crippen molar-refractivity contribution in [3.8, 4) is 22.9 Å². The lowest BCUT2D eigenvalue weighted by Gasteiger charge is -2.30. The van der Waals surface area contributed by atoms with Crippen LogP contribution in [0.2, 0.25) is 0 Å². The summed E-state index contributed by atoms with van der Waals surface area (Å²) in [5.74, 6) is -0.186. The maximum absolute atomic E-state index is 11.6. The first-order valence-electron chi connectivity index (χ1n) is 18.8. The quantitative estimate of drug-likeness (QED) is 0.104. The van der Waals surface area contributed by atoms with E-state index in [0.717, 1.165) is 88.5 Å². The summed E-state index contributed by atoms with van der Waals surface area (Å²) in [5, 5.41) is 23.2. The average molecular weight is 723 g/mol. The fourth-order valence-electron chi connectivity index (χ4n) is 7.76. The van der Waals surface area contributed by atoms with Crippen LogP contribution in [-0.2, 0) is 17.9 Å². The van der Waals surface area contributed by atoms with Crippen molar-refractivity contribution in [1.82, 2.24) is 14.8 Å². The number of anilines is 1. The van der Waals surface area contributed by atoms with Crippen molar-refractivity contribution in [2.24, 2.45) is 10.9 Å². The SMILES string of the molecule is C=C(Oc1c(C)cc(CN2CCCC(C(=O)O)C2)cc1C#N)c1cccc(-c2cccc(NC(=C)c3ncc(CN4CCCC4)cc3N=CC)c2C)c1C. The molecule has 1 unspecified atom stereocenters. The summed E-state index contributed by atoms with van der Waals surface area (Å²) in [5.41, 5.74) is 11.4. The summed E-state index contributed by atoms with van der Waals surface area (Å²) >= 11 is 0. The van der Waals surface area contributed by atoms with Gasteiger partial charge in [-0.3, -0.25) is 24.6 Å². The maximum atomic E-state index is 11.6. The second-order valence-electron chi connectivity index (χ2n) is 14.5. The van der Waals surface area contributed by atoms with Crippen LogP contribution in [0, 0.1) is 38.0 Å². The number of aromatic nitrogens is 1. The van der Waals surface area contributed by atoms with Gasteiger partial charge in [0.05, 0.1) is 22.9 Å². The maximum Gasteiger partial charge on any atom is 0.307 e. The summed E-state index contributed by atoms with van der Waals surface area (Å²) in [7, 11) is 0. The Bertz CT molecular complexity index is 2140. The molecule has 0 aliphatic carbocycles. The second kappa shape index (κ2) is 17.1. The Morgan fingerprint density at radius 3 is 2.43 bits per heavy atom. The van der Waals surface area contributed by atoms with Gasteiger partial charge in [0.15, 0.2) is 0 Å². The molecule has 2 saturated heterocycles. The average Bonchev–Trinajstić information content (AvgIpc) is 3.67. The van der Waals surface area contributed by atoms with Crippen LogP contribution < -0.4 is 10.1 Å². The molecule has 0 spiro atoms. The van der Waals surface area contributed by atoms with E-state index in [9.17, 15) is 15.2 Å². The van der Waals surface area contributed by atoms with Gasteiger partial charge in [0.1, 0.15) is 23.3 Å². The topological polar surface area (TPSA) is 114 Å². The van der Waals surface area contributed by atoms with E-state index in [0.29, 0.717) is 48.0 Å². The molecule has 2 aliphatic rings.